The van der Waals surface area contributed by atoms with Crippen molar-refractivity contribution in [1.82, 2.24) is 4.98 Å². The summed E-state index contributed by atoms with van der Waals surface area (Å²) in [5.41, 5.74) is 8.34. The molecule has 0 bridgehead atoms. The van der Waals surface area contributed by atoms with Gasteiger partial charge in [0.1, 0.15) is 5.75 Å². The molecule has 0 aliphatic carbocycles. The van der Waals surface area contributed by atoms with Gasteiger partial charge in [-0.3, -0.25) is 0 Å². The number of hydrogen-bond donors (Lipinski definition) is 1. The van der Waals surface area contributed by atoms with Gasteiger partial charge in [0.2, 0.25) is 0 Å². The molecule has 0 unspecified atom stereocenters. The fourth-order valence-electron chi connectivity index (χ4n) is 1.75. The van der Waals surface area contributed by atoms with Crippen molar-refractivity contribution in [2.24, 2.45) is 0 Å². The lowest BCUT2D eigenvalue weighted by Crippen LogP contribution is -1.84. The summed E-state index contributed by atoms with van der Waals surface area (Å²) in [6, 6.07) is 11.2. The van der Waals surface area contributed by atoms with E-state index in [1.807, 2.05) is 43.3 Å². The Hall–Kier alpha value is -1.78. The fraction of sp³-hybridized carbons (Fsp3) is 0.0714. The van der Waals surface area contributed by atoms with Crippen LogP contribution in [0.3, 0.4) is 0 Å². The third-order valence-corrected chi connectivity index (χ3v) is 4.05. The summed E-state index contributed by atoms with van der Waals surface area (Å²) in [6.07, 6.45) is 0. The monoisotopic (exact) mass is 290 g/mol. The smallest absolute Gasteiger partial charge is 0.279 e. The van der Waals surface area contributed by atoms with Gasteiger partial charge < -0.3 is 10.5 Å². The van der Waals surface area contributed by atoms with E-state index in [-0.39, 0.29) is 0 Å². The maximum atomic E-state index is 5.98. The van der Waals surface area contributed by atoms with E-state index in [4.69, 9.17) is 22.1 Å². The first-order valence-electron chi connectivity index (χ1n) is 5.72. The number of anilines is 1. The molecular weight excluding hydrogens is 280 g/mol. The molecule has 0 fully saturated rings. The zero-order chi connectivity index (χ0) is 13.4. The summed E-state index contributed by atoms with van der Waals surface area (Å²) in [7, 11) is 0. The highest BCUT2D eigenvalue weighted by atomic mass is 35.5. The summed E-state index contributed by atoms with van der Waals surface area (Å²) >= 11 is 7.45. The zero-order valence-electron chi connectivity index (χ0n) is 10.2. The Morgan fingerprint density at radius 1 is 1.21 bits per heavy atom. The van der Waals surface area contributed by atoms with Gasteiger partial charge in [-0.2, -0.15) is 0 Å². The maximum Gasteiger partial charge on any atom is 0.279 e. The topological polar surface area (TPSA) is 48.1 Å². The largest absolute Gasteiger partial charge is 0.431 e. The second kappa shape index (κ2) is 4.72. The fourth-order valence-corrected chi connectivity index (χ4v) is 2.75. The molecule has 96 valence electrons. The van der Waals surface area contributed by atoms with Crippen LogP contribution in [0.2, 0.25) is 5.02 Å². The van der Waals surface area contributed by atoms with Crippen LogP contribution in [-0.2, 0) is 0 Å². The van der Waals surface area contributed by atoms with Crippen molar-refractivity contribution in [1.29, 1.82) is 0 Å². The number of thiazole rings is 1. The van der Waals surface area contributed by atoms with Crippen molar-refractivity contribution in [2.45, 2.75) is 6.92 Å². The standard InChI is InChI=1S/C14H11ClN2OS/c1-8-6-10(3-4-11(8)15)18-14-17-12-5-2-9(16)7-13(12)19-14/h2-7H,16H2,1H3. The molecule has 0 radical (unpaired) electrons. The number of aryl methyl sites for hydroxylation is 1. The highest BCUT2D eigenvalue weighted by Gasteiger charge is 2.07. The summed E-state index contributed by atoms with van der Waals surface area (Å²) < 4.78 is 6.76. The second-order valence-electron chi connectivity index (χ2n) is 4.22. The molecule has 1 heterocycles. The molecule has 0 amide bonds. The molecule has 5 heteroatoms. The molecule has 3 rings (SSSR count). The number of fused-ring (bicyclic) bond motifs is 1. The molecule has 2 aromatic carbocycles. The Labute approximate surface area is 119 Å². The number of aromatic nitrogens is 1. The minimum atomic E-state index is 0.599. The van der Waals surface area contributed by atoms with Gasteiger partial charge in [-0.1, -0.05) is 22.9 Å². The van der Waals surface area contributed by atoms with Crippen LogP contribution in [-0.4, -0.2) is 4.98 Å². The van der Waals surface area contributed by atoms with Crippen LogP contribution in [0, 0.1) is 6.92 Å². The third-order valence-electron chi connectivity index (χ3n) is 2.73. The van der Waals surface area contributed by atoms with Gasteiger partial charge in [0.25, 0.3) is 5.19 Å². The van der Waals surface area contributed by atoms with Gasteiger partial charge >= 0.3 is 0 Å². The van der Waals surface area contributed by atoms with Crippen LogP contribution in [0.4, 0.5) is 5.69 Å². The highest BCUT2D eigenvalue weighted by molar-refractivity contribution is 7.20. The molecule has 0 saturated carbocycles. The minimum Gasteiger partial charge on any atom is -0.431 e. The zero-order valence-corrected chi connectivity index (χ0v) is 11.8. The molecular formula is C14H11ClN2OS. The van der Waals surface area contributed by atoms with Gasteiger partial charge in [-0.15, -0.1) is 0 Å². The maximum absolute atomic E-state index is 5.98. The van der Waals surface area contributed by atoms with Crippen LogP contribution in [0.15, 0.2) is 36.4 Å². The quantitative estimate of drug-likeness (QED) is 0.700. The second-order valence-corrected chi connectivity index (χ2v) is 5.62. The predicted molar refractivity (Wildman–Crippen MR) is 80.3 cm³/mol. The average Bonchev–Trinajstić information content (AvgIpc) is 2.75. The van der Waals surface area contributed by atoms with Gasteiger partial charge in [0, 0.05) is 10.7 Å². The first-order chi connectivity index (χ1) is 9.11. The number of ether oxygens (including phenoxy) is 1. The van der Waals surface area contributed by atoms with Crippen molar-refractivity contribution in [2.75, 3.05) is 5.73 Å². The minimum absolute atomic E-state index is 0.599. The summed E-state index contributed by atoms with van der Waals surface area (Å²) in [5.74, 6) is 0.730. The summed E-state index contributed by atoms with van der Waals surface area (Å²) in [5, 5.41) is 1.33. The lowest BCUT2D eigenvalue weighted by atomic mass is 10.2. The molecule has 19 heavy (non-hydrogen) atoms. The van der Waals surface area contributed by atoms with E-state index < -0.39 is 0 Å². The van der Waals surface area contributed by atoms with E-state index >= 15 is 0 Å². The van der Waals surface area contributed by atoms with E-state index in [2.05, 4.69) is 4.98 Å². The van der Waals surface area contributed by atoms with Gasteiger partial charge in [0.15, 0.2) is 0 Å². The average molecular weight is 291 g/mol. The Balaban J connectivity index is 1.94. The molecule has 0 atom stereocenters. The van der Waals surface area contributed by atoms with Crippen molar-refractivity contribution in [3.05, 3.63) is 47.0 Å². The van der Waals surface area contributed by atoms with Gasteiger partial charge in [-0.25, -0.2) is 4.98 Å². The molecule has 0 aliphatic rings. The van der Waals surface area contributed by atoms with E-state index in [0.717, 1.165) is 32.2 Å². The Kier molecular flexibility index (Phi) is 3.05. The lowest BCUT2D eigenvalue weighted by molar-refractivity contribution is 0.480. The van der Waals surface area contributed by atoms with E-state index in [0.29, 0.717) is 5.19 Å². The van der Waals surface area contributed by atoms with Crippen molar-refractivity contribution < 1.29 is 4.74 Å². The molecule has 2 N–H and O–H groups in total. The van der Waals surface area contributed by atoms with E-state index in [1.165, 1.54) is 11.3 Å². The first-order valence-corrected chi connectivity index (χ1v) is 6.91. The van der Waals surface area contributed by atoms with Crippen LogP contribution in [0.1, 0.15) is 5.56 Å². The third kappa shape index (κ3) is 2.50. The Morgan fingerprint density at radius 2 is 2.05 bits per heavy atom. The number of hydrogen-bond acceptors (Lipinski definition) is 4. The van der Waals surface area contributed by atoms with E-state index in [9.17, 15) is 0 Å². The van der Waals surface area contributed by atoms with Crippen LogP contribution in [0.5, 0.6) is 10.9 Å². The number of rotatable bonds is 2. The molecule has 0 saturated heterocycles. The number of nitrogens with zero attached hydrogens (tertiary/aromatic N) is 1. The number of nitrogen functional groups attached to an aromatic ring is 1. The van der Waals surface area contributed by atoms with Gasteiger partial charge in [0.05, 0.1) is 10.2 Å². The molecule has 3 nitrogen and oxygen atoms in total. The molecule has 0 aliphatic heterocycles. The van der Waals surface area contributed by atoms with Crippen LogP contribution in [0.25, 0.3) is 10.2 Å². The highest BCUT2D eigenvalue weighted by Crippen LogP contribution is 2.33. The SMILES string of the molecule is Cc1cc(Oc2nc3ccc(N)cc3s2)ccc1Cl. The normalized spacial score (nSPS) is 10.8. The summed E-state index contributed by atoms with van der Waals surface area (Å²) in [6.45, 7) is 1.94. The van der Waals surface area contributed by atoms with Crippen LogP contribution >= 0.6 is 22.9 Å². The lowest BCUT2D eigenvalue weighted by Gasteiger charge is -2.03. The van der Waals surface area contributed by atoms with Gasteiger partial charge in [-0.05, 0) is 48.9 Å². The molecule has 1 aromatic heterocycles. The summed E-state index contributed by atoms with van der Waals surface area (Å²) in [4.78, 5) is 4.41. The van der Waals surface area contributed by atoms with E-state index in [1.54, 1.807) is 0 Å². The molecule has 0 spiro atoms. The Morgan fingerprint density at radius 3 is 2.84 bits per heavy atom. The number of halogens is 1. The number of nitrogens with two attached hydrogens (primary N) is 1. The van der Waals surface area contributed by atoms with Crippen LogP contribution < -0.4 is 10.5 Å². The molecule has 3 aromatic rings. The predicted octanol–water partition coefficient (Wildman–Crippen LogP) is 4.63. The number of benzene rings is 2. The Bertz CT molecular complexity index is 754. The van der Waals surface area contributed by atoms with Crippen molar-refractivity contribution >= 4 is 38.8 Å². The van der Waals surface area contributed by atoms with Crippen molar-refractivity contribution in [3.63, 3.8) is 0 Å². The first kappa shape index (κ1) is 12.3. The van der Waals surface area contributed by atoms with Crippen molar-refractivity contribution in [3.8, 4) is 10.9 Å².